The first-order valence-corrected chi connectivity index (χ1v) is 11.5. The normalized spacial score (nSPS) is 11.0. The Morgan fingerprint density at radius 3 is 2.36 bits per heavy atom. The molecule has 0 atom stereocenters. The third kappa shape index (κ3) is 4.26. The zero-order chi connectivity index (χ0) is 25.1. The van der Waals surface area contributed by atoms with E-state index in [9.17, 15) is 4.79 Å². The summed E-state index contributed by atoms with van der Waals surface area (Å²) in [7, 11) is 1.57. The van der Waals surface area contributed by atoms with Gasteiger partial charge in [0.25, 0.3) is 11.4 Å². The van der Waals surface area contributed by atoms with Crippen LogP contribution < -0.4 is 19.8 Å². The van der Waals surface area contributed by atoms with Crippen LogP contribution in [0, 0.1) is 0 Å². The van der Waals surface area contributed by atoms with Crippen molar-refractivity contribution in [3.8, 4) is 45.9 Å². The second-order valence-electron chi connectivity index (χ2n) is 7.76. The van der Waals surface area contributed by atoms with E-state index in [0.29, 0.717) is 64.0 Å². The molecular formula is C27H24N4O5. The monoisotopic (exact) mass is 484 g/mol. The molecule has 2 heterocycles. The average Bonchev–Trinajstić information content (AvgIpc) is 3.40. The Morgan fingerprint density at radius 2 is 1.64 bits per heavy atom. The molecule has 5 aromatic rings. The maximum absolute atomic E-state index is 13.3. The van der Waals surface area contributed by atoms with Crippen molar-refractivity contribution in [1.29, 1.82) is 0 Å². The zero-order valence-electron chi connectivity index (χ0n) is 20.1. The molecule has 9 heteroatoms. The number of hydrogen-bond donors (Lipinski definition) is 0. The van der Waals surface area contributed by atoms with Crippen molar-refractivity contribution in [3.63, 3.8) is 0 Å². The van der Waals surface area contributed by atoms with Crippen LogP contribution in [-0.2, 0) is 0 Å². The van der Waals surface area contributed by atoms with Gasteiger partial charge in [0.2, 0.25) is 5.82 Å². The minimum absolute atomic E-state index is 0.189. The molecule has 2 aromatic heterocycles. The van der Waals surface area contributed by atoms with E-state index < -0.39 is 0 Å². The van der Waals surface area contributed by atoms with Crippen molar-refractivity contribution in [3.05, 3.63) is 77.1 Å². The van der Waals surface area contributed by atoms with Crippen LogP contribution in [0.5, 0.6) is 17.2 Å². The van der Waals surface area contributed by atoms with Gasteiger partial charge in [-0.2, -0.15) is 14.8 Å². The van der Waals surface area contributed by atoms with Crippen molar-refractivity contribution >= 4 is 10.8 Å². The van der Waals surface area contributed by atoms with E-state index in [-0.39, 0.29) is 11.4 Å². The number of benzene rings is 3. The first-order chi connectivity index (χ1) is 17.6. The van der Waals surface area contributed by atoms with Gasteiger partial charge in [-0.05, 0) is 62.4 Å². The summed E-state index contributed by atoms with van der Waals surface area (Å²) in [6, 6.07) is 19.8. The Morgan fingerprint density at radius 1 is 0.889 bits per heavy atom. The standard InChI is InChI=1S/C27H24N4O5/c1-4-34-19-13-11-18(12-14-19)31-27(32)21-9-7-6-8-20(21)24(29-31)26-28-25(30-36-26)17-10-15-22(35-5-2)23(16-17)33-3/h6-16H,4-5H2,1-3H3. The lowest BCUT2D eigenvalue weighted by Gasteiger charge is -2.10. The number of rotatable bonds is 8. The first kappa shape index (κ1) is 23.1. The largest absolute Gasteiger partial charge is 0.494 e. The fourth-order valence-corrected chi connectivity index (χ4v) is 3.89. The molecule has 36 heavy (non-hydrogen) atoms. The zero-order valence-corrected chi connectivity index (χ0v) is 20.1. The van der Waals surface area contributed by atoms with E-state index in [4.69, 9.17) is 18.7 Å². The molecule has 0 amide bonds. The lowest BCUT2D eigenvalue weighted by Crippen LogP contribution is -2.22. The highest BCUT2D eigenvalue weighted by Gasteiger charge is 2.20. The Hall–Kier alpha value is -4.66. The highest BCUT2D eigenvalue weighted by atomic mass is 16.5. The Balaban J connectivity index is 1.61. The van der Waals surface area contributed by atoms with Crippen molar-refractivity contribution in [2.45, 2.75) is 13.8 Å². The second-order valence-corrected chi connectivity index (χ2v) is 7.76. The molecule has 0 bridgehead atoms. The summed E-state index contributed by atoms with van der Waals surface area (Å²) in [4.78, 5) is 17.9. The fourth-order valence-electron chi connectivity index (χ4n) is 3.89. The molecule has 5 rings (SSSR count). The summed E-state index contributed by atoms with van der Waals surface area (Å²) < 4.78 is 23.5. The van der Waals surface area contributed by atoms with Gasteiger partial charge in [0.05, 0.1) is 31.4 Å². The third-order valence-corrected chi connectivity index (χ3v) is 5.55. The van der Waals surface area contributed by atoms with E-state index in [1.807, 2.05) is 38.1 Å². The van der Waals surface area contributed by atoms with Crippen LogP contribution in [0.3, 0.4) is 0 Å². The van der Waals surface area contributed by atoms with Crippen LogP contribution in [0.1, 0.15) is 13.8 Å². The van der Waals surface area contributed by atoms with Crippen molar-refractivity contribution in [1.82, 2.24) is 19.9 Å². The Bertz CT molecular complexity index is 1570. The highest BCUT2D eigenvalue weighted by Crippen LogP contribution is 2.33. The van der Waals surface area contributed by atoms with Gasteiger partial charge in [0.15, 0.2) is 17.2 Å². The van der Waals surface area contributed by atoms with Gasteiger partial charge in [-0.1, -0.05) is 23.4 Å². The fraction of sp³-hybridized carbons (Fsp3) is 0.185. The topological polar surface area (TPSA) is 102 Å². The molecule has 0 unspecified atom stereocenters. The van der Waals surface area contributed by atoms with Crippen LogP contribution in [0.4, 0.5) is 0 Å². The molecule has 0 aliphatic carbocycles. The first-order valence-electron chi connectivity index (χ1n) is 11.5. The third-order valence-electron chi connectivity index (χ3n) is 5.55. The summed E-state index contributed by atoms with van der Waals surface area (Å²) >= 11 is 0. The summed E-state index contributed by atoms with van der Waals surface area (Å²) in [5.41, 5.74) is 1.42. The lowest BCUT2D eigenvalue weighted by molar-refractivity contribution is 0.311. The van der Waals surface area contributed by atoms with Crippen LogP contribution in [-0.4, -0.2) is 40.2 Å². The Labute approximate surface area is 206 Å². The number of nitrogens with zero attached hydrogens (tertiary/aromatic N) is 4. The maximum atomic E-state index is 13.3. The van der Waals surface area contributed by atoms with Crippen LogP contribution >= 0.6 is 0 Å². The quantitative estimate of drug-likeness (QED) is 0.306. The highest BCUT2D eigenvalue weighted by molar-refractivity contribution is 5.92. The lowest BCUT2D eigenvalue weighted by atomic mass is 10.1. The molecule has 0 N–H and O–H groups in total. The SMILES string of the molecule is CCOc1ccc(-n2nc(-c3nc(-c4ccc(OCC)c(OC)c4)no3)c3ccccc3c2=O)cc1. The molecule has 182 valence electrons. The van der Waals surface area contributed by atoms with E-state index in [2.05, 4.69) is 15.2 Å². The number of methoxy groups -OCH3 is 1. The Kier molecular flexibility index (Phi) is 6.36. The van der Waals surface area contributed by atoms with Gasteiger partial charge < -0.3 is 18.7 Å². The molecule has 0 fully saturated rings. The number of hydrogen-bond acceptors (Lipinski definition) is 8. The molecule has 0 spiro atoms. The van der Waals surface area contributed by atoms with Crippen molar-refractivity contribution in [2.24, 2.45) is 0 Å². The summed E-state index contributed by atoms with van der Waals surface area (Å²) in [6.45, 7) is 4.89. The predicted molar refractivity (Wildman–Crippen MR) is 135 cm³/mol. The number of aromatic nitrogens is 4. The molecular weight excluding hydrogens is 460 g/mol. The summed E-state index contributed by atoms with van der Waals surface area (Å²) in [5.74, 6) is 2.45. The molecule has 9 nitrogen and oxygen atoms in total. The van der Waals surface area contributed by atoms with Gasteiger partial charge in [0, 0.05) is 10.9 Å². The van der Waals surface area contributed by atoms with Gasteiger partial charge in [-0.3, -0.25) is 4.79 Å². The molecule has 0 saturated carbocycles. The van der Waals surface area contributed by atoms with Crippen LogP contribution in [0.15, 0.2) is 76.0 Å². The molecule has 0 saturated heterocycles. The van der Waals surface area contributed by atoms with E-state index in [1.165, 1.54) is 4.68 Å². The number of fused-ring (bicyclic) bond motifs is 1. The van der Waals surface area contributed by atoms with Crippen LogP contribution in [0.2, 0.25) is 0 Å². The minimum Gasteiger partial charge on any atom is -0.494 e. The molecule has 0 aliphatic rings. The minimum atomic E-state index is -0.255. The van der Waals surface area contributed by atoms with Gasteiger partial charge >= 0.3 is 0 Å². The van der Waals surface area contributed by atoms with Gasteiger partial charge in [0.1, 0.15) is 5.75 Å². The van der Waals surface area contributed by atoms with Crippen LogP contribution in [0.25, 0.3) is 39.4 Å². The maximum Gasteiger partial charge on any atom is 0.279 e. The van der Waals surface area contributed by atoms with Gasteiger partial charge in [-0.15, -0.1) is 0 Å². The van der Waals surface area contributed by atoms with E-state index >= 15 is 0 Å². The average molecular weight is 485 g/mol. The molecule has 3 aromatic carbocycles. The molecule has 0 aliphatic heterocycles. The van der Waals surface area contributed by atoms with E-state index in [1.54, 1.807) is 49.6 Å². The van der Waals surface area contributed by atoms with E-state index in [0.717, 1.165) is 0 Å². The number of ether oxygens (including phenoxy) is 3. The smallest absolute Gasteiger partial charge is 0.279 e. The summed E-state index contributed by atoms with van der Waals surface area (Å²) in [5, 5.41) is 9.87. The van der Waals surface area contributed by atoms with Crippen molar-refractivity contribution in [2.75, 3.05) is 20.3 Å². The summed E-state index contributed by atoms with van der Waals surface area (Å²) in [6.07, 6.45) is 0. The van der Waals surface area contributed by atoms with Gasteiger partial charge in [-0.25, -0.2) is 0 Å². The van der Waals surface area contributed by atoms with Crippen molar-refractivity contribution < 1.29 is 18.7 Å². The predicted octanol–water partition coefficient (Wildman–Crippen LogP) is 4.91. The second kappa shape index (κ2) is 9.91. The molecule has 0 radical (unpaired) electrons.